The molecule has 1 unspecified atom stereocenters. The van der Waals surface area contributed by atoms with Gasteiger partial charge in [0.05, 0.1) is 28.1 Å². The molecular formula is C31H15F3I9N3O8S. The normalized spacial score (nSPS) is 12.2. The highest BCUT2D eigenvalue weighted by molar-refractivity contribution is 14.1. The molecule has 0 bridgehead atoms. The number of hydrogen-bond acceptors (Lipinski definition) is 7. The molecule has 4 aromatic rings. The largest absolute Gasteiger partial charge is 0.448 e. The third-order valence-corrected chi connectivity index (χ3v) is 18.5. The van der Waals surface area contributed by atoms with Crippen LogP contribution in [0.25, 0.3) is 0 Å². The lowest BCUT2D eigenvalue weighted by Crippen LogP contribution is -2.39. The highest BCUT2D eigenvalue weighted by atomic mass is 127. The van der Waals surface area contributed by atoms with Gasteiger partial charge >= 0.3 is 12.1 Å². The smallest absolute Gasteiger partial charge is 0.426 e. The summed E-state index contributed by atoms with van der Waals surface area (Å²) < 4.78 is 85.0. The number of carbonyl (C=O) groups excluding carboxylic acids is 4. The molecule has 0 aliphatic heterocycles. The number of esters is 1. The molecule has 4 aromatic carbocycles. The van der Waals surface area contributed by atoms with Crippen molar-refractivity contribution in [3.8, 4) is 0 Å². The summed E-state index contributed by atoms with van der Waals surface area (Å²) in [6, 6.07) is 12.3. The fraction of sp³-hybridized carbons (Fsp3) is 0.0968. The van der Waals surface area contributed by atoms with E-state index in [1.165, 1.54) is 12.1 Å². The van der Waals surface area contributed by atoms with Gasteiger partial charge in [0.15, 0.2) is 0 Å². The van der Waals surface area contributed by atoms with E-state index < -0.39 is 68.8 Å². The first-order chi connectivity index (χ1) is 25.4. The molecule has 292 valence electrons. The summed E-state index contributed by atoms with van der Waals surface area (Å²) in [4.78, 5) is 55.4. The number of benzene rings is 4. The molecule has 0 saturated heterocycles. The minimum Gasteiger partial charge on any atom is -0.448 e. The zero-order chi connectivity index (χ0) is 41.3. The average Bonchev–Trinajstić information content (AvgIpc) is 3.04. The summed E-state index contributed by atoms with van der Waals surface area (Å²) in [5.41, 5.74) is -1.49. The predicted molar refractivity (Wildman–Crippen MR) is 276 cm³/mol. The Bertz CT molecular complexity index is 2290. The Morgan fingerprint density at radius 3 is 1.29 bits per heavy atom. The quantitative estimate of drug-likeness (QED) is 0.0527. The molecule has 4 rings (SSSR count). The van der Waals surface area contributed by atoms with Crippen molar-refractivity contribution in [1.82, 2.24) is 0 Å². The number of ether oxygens (including phenoxy) is 1. The second-order valence-corrected chi connectivity index (χ2v) is 22.7. The Morgan fingerprint density at radius 2 is 0.964 bits per heavy atom. The zero-order valence-corrected chi connectivity index (χ0v) is 46.4. The molecule has 1 atom stereocenters. The van der Waals surface area contributed by atoms with Gasteiger partial charge in [-0.25, -0.2) is 4.79 Å². The molecular weight excluding hydrogens is 1770 g/mol. The molecule has 4 N–H and O–H groups in total. The highest BCUT2D eigenvalue weighted by Crippen LogP contribution is 2.36. The van der Waals surface area contributed by atoms with Crippen molar-refractivity contribution in [3.05, 3.63) is 103 Å². The number of rotatable bonds is 10. The second-order valence-electron chi connectivity index (χ2n) is 10.7. The molecule has 0 aromatic heterocycles. The average molecular weight is 1790 g/mol. The van der Waals surface area contributed by atoms with Gasteiger partial charge in [0.25, 0.3) is 27.8 Å². The van der Waals surface area contributed by atoms with E-state index in [0.717, 1.165) is 19.3 Å². The fourth-order valence-electron chi connectivity index (χ4n) is 4.45. The summed E-state index contributed by atoms with van der Waals surface area (Å²) >= 11 is 17.9. The molecule has 11 nitrogen and oxygen atoms in total. The SMILES string of the molecule is O=C(Nc1cc(NC(=O)c2cc(I)cc(I)c2I)c(C(=O)OC(CS(=O)(=O)O)C(F)(F)F)c(NC(=O)c2cc(I)cc(I)c2I)c1)c1cc(I)cc(I)c1I. The van der Waals surface area contributed by atoms with Crippen molar-refractivity contribution in [2.45, 2.75) is 12.3 Å². The number of alkyl halides is 3. The standard InChI is InChI=1S/C31H15F3I9N3O8S/c32-31(33,34)22(9-55(51,52)53)54-30(50)23-20(45-28(48)15-2-11(36)5-18(39)25(15)42)7-13(44-27(47)14-1-10(35)4-17(38)24(14)41)8-21(23)46-29(49)16-3-12(37)6-19(40)26(16)43/h1-8,22H,9H2,(H,44,47)(H,45,48)(H,46,49)(H,51,52,53). The monoisotopic (exact) mass is 1790 g/mol. The first-order valence-electron chi connectivity index (χ1n) is 14.1. The lowest BCUT2D eigenvalue weighted by Gasteiger charge is -2.23. The number of carbonyl (C=O) groups is 4. The first-order valence-corrected chi connectivity index (χ1v) is 25.5. The van der Waals surface area contributed by atoms with Gasteiger partial charge in [-0.15, -0.1) is 0 Å². The third kappa shape index (κ3) is 13.3. The van der Waals surface area contributed by atoms with E-state index in [-0.39, 0.29) is 22.4 Å². The number of nitrogens with one attached hydrogen (secondary N) is 3. The van der Waals surface area contributed by atoms with Crippen molar-refractivity contribution in [2.75, 3.05) is 21.7 Å². The highest BCUT2D eigenvalue weighted by Gasteiger charge is 2.46. The van der Waals surface area contributed by atoms with Gasteiger partial charge in [0.1, 0.15) is 11.3 Å². The summed E-state index contributed by atoms with van der Waals surface area (Å²) in [5.74, 6) is -6.16. The van der Waals surface area contributed by atoms with Crippen molar-refractivity contribution in [1.29, 1.82) is 0 Å². The van der Waals surface area contributed by atoms with Crippen LogP contribution in [0.15, 0.2) is 48.5 Å². The van der Waals surface area contributed by atoms with Crippen molar-refractivity contribution < 1.29 is 50.1 Å². The summed E-state index contributed by atoms with van der Waals surface area (Å²) in [6.07, 6.45) is -8.84. The summed E-state index contributed by atoms with van der Waals surface area (Å²) in [6.45, 7) is 0. The van der Waals surface area contributed by atoms with Gasteiger partial charge < -0.3 is 20.7 Å². The van der Waals surface area contributed by atoms with Crippen LogP contribution in [0.2, 0.25) is 0 Å². The predicted octanol–water partition coefficient (Wildman–Crippen LogP) is 10.9. The van der Waals surface area contributed by atoms with Crippen LogP contribution in [-0.4, -0.2) is 54.7 Å². The lowest BCUT2D eigenvalue weighted by atomic mass is 10.1. The van der Waals surface area contributed by atoms with Crippen LogP contribution in [0.5, 0.6) is 0 Å². The molecule has 55 heavy (non-hydrogen) atoms. The van der Waals surface area contributed by atoms with Crippen LogP contribution < -0.4 is 16.0 Å². The van der Waals surface area contributed by atoms with E-state index in [4.69, 9.17) is 0 Å². The first kappa shape index (κ1) is 48.7. The van der Waals surface area contributed by atoms with E-state index in [1.807, 2.05) is 187 Å². The molecule has 0 radical (unpaired) electrons. The fourth-order valence-corrected chi connectivity index (χ4v) is 12.3. The van der Waals surface area contributed by atoms with Crippen molar-refractivity contribution in [3.63, 3.8) is 0 Å². The third-order valence-electron chi connectivity index (χ3n) is 6.79. The van der Waals surface area contributed by atoms with E-state index in [1.54, 1.807) is 18.2 Å². The lowest BCUT2D eigenvalue weighted by molar-refractivity contribution is -0.197. The van der Waals surface area contributed by atoms with Crippen LogP contribution in [-0.2, 0) is 14.9 Å². The zero-order valence-electron chi connectivity index (χ0n) is 26.2. The van der Waals surface area contributed by atoms with Gasteiger partial charge in [0, 0.05) is 37.8 Å². The minimum absolute atomic E-state index is 0.110. The Balaban J connectivity index is 1.99. The van der Waals surface area contributed by atoms with Crippen LogP contribution in [0.3, 0.4) is 0 Å². The maximum Gasteiger partial charge on any atom is 0.426 e. The molecule has 0 aliphatic carbocycles. The second kappa shape index (κ2) is 20.3. The maximum atomic E-state index is 14.0. The van der Waals surface area contributed by atoms with Gasteiger partial charge in [0.2, 0.25) is 6.10 Å². The Labute approximate surface area is 433 Å². The van der Waals surface area contributed by atoms with Crippen molar-refractivity contribution >= 4 is 254 Å². The summed E-state index contributed by atoms with van der Waals surface area (Å²) in [7, 11) is -5.34. The van der Waals surface area contributed by atoms with E-state index in [0.29, 0.717) is 25.0 Å². The molecule has 0 saturated carbocycles. The van der Waals surface area contributed by atoms with Crippen LogP contribution in [0.1, 0.15) is 41.4 Å². The van der Waals surface area contributed by atoms with Gasteiger partial charge in [-0.05, 0) is 252 Å². The van der Waals surface area contributed by atoms with Gasteiger partial charge in [-0.1, -0.05) is 0 Å². The van der Waals surface area contributed by atoms with Gasteiger partial charge in [-0.3, -0.25) is 18.9 Å². The number of anilines is 3. The van der Waals surface area contributed by atoms with Crippen LogP contribution in [0.4, 0.5) is 30.2 Å². The molecule has 24 heteroatoms. The number of amides is 3. The molecule has 0 fully saturated rings. The maximum absolute atomic E-state index is 14.0. The Hall–Kier alpha value is 1.03. The van der Waals surface area contributed by atoms with Gasteiger partial charge in [-0.2, -0.15) is 21.6 Å². The molecule has 0 heterocycles. The van der Waals surface area contributed by atoms with E-state index in [9.17, 15) is 45.3 Å². The number of halogens is 12. The van der Waals surface area contributed by atoms with E-state index >= 15 is 0 Å². The molecule has 0 spiro atoms. The Morgan fingerprint density at radius 1 is 0.618 bits per heavy atom. The van der Waals surface area contributed by atoms with E-state index in [2.05, 4.69) is 43.3 Å². The number of hydrogen-bond donors (Lipinski definition) is 4. The topological polar surface area (TPSA) is 168 Å². The molecule has 3 amide bonds. The minimum atomic E-state index is -5.48. The van der Waals surface area contributed by atoms with Crippen LogP contribution in [0, 0.1) is 32.1 Å². The van der Waals surface area contributed by atoms with Crippen molar-refractivity contribution in [2.24, 2.45) is 0 Å². The Kier molecular flexibility index (Phi) is 17.9. The molecule has 0 aliphatic rings. The van der Waals surface area contributed by atoms with Crippen LogP contribution >= 0.6 is 203 Å². The summed E-state index contributed by atoms with van der Waals surface area (Å²) in [5, 5.41) is 7.71.